The van der Waals surface area contributed by atoms with Crippen molar-refractivity contribution in [1.29, 1.82) is 0 Å². The van der Waals surface area contributed by atoms with Gasteiger partial charge in [-0.25, -0.2) is 9.59 Å². The molecule has 268 valence electrons. The van der Waals surface area contributed by atoms with Gasteiger partial charge in [-0.2, -0.15) is 0 Å². The number of carbonyl (C=O) groups excluding carboxylic acids is 3. The van der Waals surface area contributed by atoms with Crippen molar-refractivity contribution in [1.82, 2.24) is 25.6 Å². The van der Waals surface area contributed by atoms with Crippen LogP contribution < -0.4 is 26.4 Å². The third-order valence-corrected chi connectivity index (χ3v) is 9.41. The van der Waals surface area contributed by atoms with Crippen LogP contribution in [0.25, 0.3) is 0 Å². The number of nitrogens with two attached hydrogens (primary N) is 1. The summed E-state index contributed by atoms with van der Waals surface area (Å²) in [5.74, 6) is -0.360. The summed E-state index contributed by atoms with van der Waals surface area (Å²) in [5, 5.41) is 21.9. The quantitative estimate of drug-likeness (QED) is 0.213. The predicted octanol–water partition coefficient (Wildman–Crippen LogP) is 5.67. The molecule has 0 bridgehead atoms. The molecule has 50 heavy (non-hydrogen) atoms. The number of benzene rings is 3. The van der Waals surface area contributed by atoms with Crippen molar-refractivity contribution < 1.29 is 24.3 Å². The molecule has 5 amide bonds. The Morgan fingerprint density at radius 1 is 0.760 bits per heavy atom. The highest BCUT2D eigenvalue weighted by molar-refractivity contribution is 9.11. The van der Waals surface area contributed by atoms with E-state index in [1.165, 1.54) is 4.90 Å². The van der Waals surface area contributed by atoms with Crippen LogP contribution in [0.4, 0.5) is 26.7 Å². The van der Waals surface area contributed by atoms with E-state index in [0.29, 0.717) is 25.3 Å². The van der Waals surface area contributed by atoms with Gasteiger partial charge in [0.1, 0.15) is 13.1 Å². The Morgan fingerprint density at radius 2 is 1.26 bits per heavy atom. The average Bonchev–Trinajstić information content (AvgIpc) is 3.77. The number of hydrogen-bond acceptors (Lipinski definition) is 7. The first kappa shape index (κ1) is 38.3. The molecule has 0 spiro atoms. The minimum absolute atomic E-state index is 0.0610. The largest absolute Gasteiger partial charge is 0.465 e. The number of amides is 5. The highest BCUT2D eigenvalue weighted by Crippen LogP contribution is 2.31. The first-order valence-electron chi connectivity index (χ1n) is 16.3. The molecule has 0 unspecified atom stereocenters. The fraction of sp³-hybridized carbons (Fsp3) is 0.371. The summed E-state index contributed by atoms with van der Waals surface area (Å²) in [6.07, 6.45) is 0.656. The lowest BCUT2D eigenvalue weighted by molar-refractivity contribution is -0.132. The fourth-order valence-electron chi connectivity index (χ4n) is 5.50. The monoisotopic (exact) mass is 814 g/mol. The normalized spacial score (nSPS) is 14.2. The van der Waals surface area contributed by atoms with Crippen LogP contribution in [0.3, 0.4) is 0 Å². The fourth-order valence-corrected chi connectivity index (χ4v) is 6.48. The molecular weight excluding hydrogens is 772 g/mol. The highest BCUT2D eigenvalue weighted by atomic mass is 79.9. The summed E-state index contributed by atoms with van der Waals surface area (Å²) in [6.45, 7) is 8.22. The number of para-hydroxylation sites is 2. The SMILES string of the molecule is CC(C)(C)N(CC(=O)N1CCCN1c1ccccc1Br)C(=O)O.Nc1ccc(CNC(=O)NCC(=O)N2CCCN2c2ccccc2Br)cc1. The van der Waals surface area contributed by atoms with Crippen LogP contribution in [-0.4, -0.2) is 88.8 Å². The number of hydrogen-bond donors (Lipinski definition) is 4. The maximum atomic E-state index is 12.7. The molecule has 5 rings (SSSR count). The van der Waals surface area contributed by atoms with Crippen LogP contribution in [0.5, 0.6) is 0 Å². The third-order valence-electron chi connectivity index (χ3n) is 8.07. The van der Waals surface area contributed by atoms with Crippen LogP contribution in [0.1, 0.15) is 39.2 Å². The zero-order valence-electron chi connectivity index (χ0n) is 28.4. The first-order valence-corrected chi connectivity index (χ1v) is 17.9. The lowest BCUT2D eigenvalue weighted by Crippen LogP contribution is -2.52. The topological polar surface area (TPSA) is 155 Å². The smallest absolute Gasteiger partial charge is 0.408 e. The van der Waals surface area contributed by atoms with Crippen molar-refractivity contribution in [3.63, 3.8) is 0 Å². The minimum Gasteiger partial charge on any atom is -0.465 e. The van der Waals surface area contributed by atoms with Crippen molar-refractivity contribution in [2.75, 3.05) is 55.0 Å². The number of nitrogens with zero attached hydrogens (tertiary/aromatic N) is 5. The molecule has 2 aliphatic heterocycles. The molecular formula is C35H44Br2N8O5. The van der Waals surface area contributed by atoms with E-state index >= 15 is 0 Å². The summed E-state index contributed by atoms with van der Waals surface area (Å²) in [6, 6.07) is 22.3. The van der Waals surface area contributed by atoms with Gasteiger partial charge in [0.2, 0.25) is 0 Å². The van der Waals surface area contributed by atoms with Crippen molar-refractivity contribution in [3.8, 4) is 0 Å². The number of nitrogen functional groups attached to an aromatic ring is 1. The molecule has 5 N–H and O–H groups in total. The van der Waals surface area contributed by atoms with E-state index in [-0.39, 0.29) is 30.9 Å². The third kappa shape index (κ3) is 10.3. The van der Waals surface area contributed by atoms with Gasteiger partial charge >= 0.3 is 12.1 Å². The number of urea groups is 1. The number of carboxylic acid groups (broad SMARTS) is 1. The molecule has 3 aromatic rings. The standard InChI is InChI=1S/C19H22BrN5O2.C16H22BrN3O3/c20-16-4-1-2-5-17(16)24-10-3-11-25(24)18(26)13-23-19(27)22-12-14-6-8-15(21)9-7-14;1-16(2,3)18(15(22)23)11-14(21)20-10-6-9-19(20)13-8-5-4-7-12(13)17/h1-2,4-9H,3,10-13,21H2,(H2,22,23,27);4-5,7-8H,6,9-11H2,1-3H3,(H,22,23). The van der Waals surface area contributed by atoms with Crippen molar-refractivity contribution >= 4 is 72.9 Å². The molecule has 0 radical (unpaired) electrons. The zero-order chi connectivity index (χ0) is 36.4. The summed E-state index contributed by atoms with van der Waals surface area (Å²) in [7, 11) is 0. The molecule has 13 nitrogen and oxygen atoms in total. The van der Waals surface area contributed by atoms with E-state index in [1.54, 1.807) is 42.9 Å². The number of halogens is 2. The summed E-state index contributed by atoms with van der Waals surface area (Å²) < 4.78 is 1.84. The lowest BCUT2D eigenvalue weighted by Gasteiger charge is -2.36. The summed E-state index contributed by atoms with van der Waals surface area (Å²) >= 11 is 7.03. The van der Waals surface area contributed by atoms with Crippen LogP contribution in [0.2, 0.25) is 0 Å². The van der Waals surface area contributed by atoms with E-state index in [9.17, 15) is 24.3 Å². The van der Waals surface area contributed by atoms with Gasteiger partial charge in [-0.05, 0) is 107 Å². The van der Waals surface area contributed by atoms with E-state index in [4.69, 9.17) is 5.73 Å². The number of anilines is 3. The van der Waals surface area contributed by atoms with Crippen molar-refractivity contribution in [2.45, 2.75) is 45.7 Å². The van der Waals surface area contributed by atoms with Gasteiger partial charge in [0.15, 0.2) is 0 Å². The molecule has 3 aromatic carbocycles. The maximum Gasteiger partial charge on any atom is 0.408 e. The van der Waals surface area contributed by atoms with Crippen LogP contribution in [0, 0.1) is 0 Å². The molecule has 0 saturated carbocycles. The lowest BCUT2D eigenvalue weighted by atomic mass is 10.1. The highest BCUT2D eigenvalue weighted by Gasteiger charge is 2.34. The molecule has 2 fully saturated rings. The molecule has 2 saturated heterocycles. The van der Waals surface area contributed by atoms with Gasteiger partial charge in [0.25, 0.3) is 11.8 Å². The minimum atomic E-state index is -1.09. The predicted molar refractivity (Wildman–Crippen MR) is 201 cm³/mol. The zero-order valence-corrected chi connectivity index (χ0v) is 31.6. The first-order chi connectivity index (χ1) is 23.8. The molecule has 0 aliphatic carbocycles. The Morgan fingerprint density at radius 3 is 1.74 bits per heavy atom. The Balaban J connectivity index is 0.000000228. The second-order valence-corrected chi connectivity index (χ2v) is 14.4. The summed E-state index contributed by atoms with van der Waals surface area (Å²) in [4.78, 5) is 49.8. The molecule has 0 aromatic heterocycles. The molecule has 2 heterocycles. The Bertz CT molecular complexity index is 1650. The van der Waals surface area contributed by atoms with Crippen molar-refractivity contribution in [3.05, 3.63) is 87.3 Å². The van der Waals surface area contributed by atoms with E-state index in [0.717, 1.165) is 51.8 Å². The number of rotatable bonds is 8. The van der Waals surface area contributed by atoms with E-state index in [2.05, 4.69) is 42.5 Å². The van der Waals surface area contributed by atoms with Gasteiger partial charge in [-0.1, -0.05) is 36.4 Å². The van der Waals surface area contributed by atoms with Gasteiger partial charge in [-0.15, -0.1) is 0 Å². The van der Waals surface area contributed by atoms with Gasteiger partial charge in [0, 0.05) is 52.9 Å². The molecule has 2 aliphatic rings. The van der Waals surface area contributed by atoms with E-state index in [1.807, 2.05) is 70.7 Å². The van der Waals surface area contributed by atoms with Crippen LogP contribution >= 0.6 is 31.9 Å². The van der Waals surface area contributed by atoms with E-state index < -0.39 is 11.6 Å². The molecule has 0 atom stereocenters. The number of nitrogens with one attached hydrogen (secondary N) is 2. The number of carbonyl (C=O) groups is 4. The Labute approximate surface area is 309 Å². The molecule has 15 heteroatoms. The van der Waals surface area contributed by atoms with Gasteiger partial charge < -0.3 is 21.5 Å². The Kier molecular flexibility index (Phi) is 13.4. The average molecular weight is 817 g/mol. The van der Waals surface area contributed by atoms with Gasteiger partial charge in [-0.3, -0.25) is 34.5 Å². The van der Waals surface area contributed by atoms with Crippen molar-refractivity contribution in [2.24, 2.45) is 0 Å². The number of hydrazine groups is 2. The van der Waals surface area contributed by atoms with Gasteiger partial charge in [0.05, 0.1) is 11.4 Å². The van der Waals surface area contributed by atoms with Crippen LogP contribution in [0.15, 0.2) is 81.7 Å². The maximum absolute atomic E-state index is 12.7. The second kappa shape index (κ2) is 17.4. The van der Waals surface area contributed by atoms with Crippen LogP contribution in [-0.2, 0) is 16.1 Å². The summed E-state index contributed by atoms with van der Waals surface area (Å²) in [5.41, 5.74) is 8.48. The Hall–Kier alpha value is -4.50. The second-order valence-electron chi connectivity index (χ2n) is 12.7.